The maximum absolute atomic E-state index is 7.83. The lowest BCUT2D eigenvalue weighted by Crippen LogP contribution is -2.11. The van der Waals surface area contributed by atoms with Gasteiger partial charge in [-0.05, 0) is 20.0 Å². The Morgan fingerprint density at radius 2 is 1.67 bits per heavy atom. The highest BCUT2D eigenvalue weighted by atomic mass is 16.3. The average Bonchev–Trinajstić information content (AvgIpc) is 1.66. The minimum Gasteiger partial charge on any atom is -0.379 e. The Bertz CT molecular complexity index is 35.3. The number of nitrogens with two attached hydrogens (primary N) is 1. The molecule has 0 aliphatic carbocycles. The third kappa shape index (κ3) is 77.1. The lowest BCUT2D eigenvalue weighted by Gasteiger charge is -1.86. The molecule has 0 heterocycles. The molecule has 0 aliphatic rings. The molecule has 3 nitrogen and oxygen atoms in total. The van der Waals surface area contributed by atoms with Crippen LogP contribution in [0.4, 0.5) is 0 Å². The Kier molecular flexibility index (Phi) is 14.0. The van der Waals surface area contributed by atoms with Gasteiger partial charge in [0.2, 0.25) is 0 Å². The van der Waals surface area contributed by atoms with Crippen molar-refractivity contribution in [2.45, 2.75) is 27.0 Å². The summed E-state index contributed by atoms with van der Waals surface area (Å²) in [6.45, 7) is 7.89. The first-order valence-electron chi connectivity index (χ1n) is 3.29. The maximum atomic E-state index is 7.83. The van der Waals surface area contributed by atoms with Crippen molar-refractivity contribution in [1.82, 2.24) is 5.32 Å². The summed E-state index contributed by atoms with van der Waals surface area (Å²) >= 11 is 0. The zero-order valence-electron chi connectivity index (χ0n) is 6.52. The number of rotatable bonds is 2. The van der Waals surface area contributed by atoms with Crippen LogP contribution < -0.4 is 11.1 Å². The van der Waals surface area contributed by atoms with Crippen LogP contribution in [0.15, 0.2) is 0 Å². The molecule has 3 heteroatoms. The Labute approximate surface area is 57.3 Å². The third-order valence-electron chi connectivity index (χ3n) is 0.500. The highest BCUT2D eigenvalue weighted by Crippen LogP contribution is 1.50. The van der Waals surface area contributed by atoms with Crippen LogP contribution in [-0.2, 0) is 0 Å². The van der Waals surface area contributed by atoms with Crippen LogP contribution in [0.2, 0.25) is 0 Å². The molecular formula is C6H18N2O. The monoisotopic (exact) mass is 134 g/mol. The lowest BCUT2D eigenvalue weighted by molar-refractivity contribution is 0.203. The Hall–Kier alpha value is -0.120. The molecule has 1 unspecified atom stereocenters. The van der Waals surface area contributed by atoms with Crippen LogP contribution in [0.25, 0.3) is 0 Å². The van der Waals surface area contributed by atoms with E-state index in [1.165, 1.54) is 6.92 Å². The molecule has 0 saturated carbocycles. The molecule has 4 N–H and O–H groups in total. The summed E-state index contributed by atoms with van der Waals surface area (Å²) in [6.07, 6.45) is -0.667. The molecule has 58 valence electrons. The molecule has 0 aromatic rings. The summed E-state index contributed by atoms with van der Waals surface area (Å²) in [5, 5.41) is 10.9. The summed E-state index contributed by atoms with van der Waals surface area (Å²) in [7, 11) is 0. The second-order valence-corrected chi connectivity index (χ2v) is 1.70. The van der Waals surface area contributed by atoms with E-state index in [1.54, 1.807) is 0 Å². The molecule has 1 atom stereocenters. The van der Waals surface area contributed by atoms with Crippen LogP contribution in [0.1, 0.15) is 20.8 Å². The summed E-state index contributed by atoms with van der Waals surface area (Å²) in [5.41, 5.74) is 4.67. The topological polar surface area (TPSA) is 58.3 Å². The molecule has 0 bridgehead atoms. The maximum Gasteiger partial charge on any atom is 0.0991 e. The Balaban J connectivity index is 0. The summed E-state index contributed by atoms with van der Waals surface area (Å²) < 4.78 is 0. The number of hydrogen-bond donors (Lipinski definition) is 3. The minimum atomic E-state index is -0.667. The summed E-state index contributed by atoms with van der Waals surface area (Å²) in [5.74, 6) is 0. The van der Waals surface area contributed by atoms with E-state index in [9.17, 15) is 0 Å². The number of aliphatic hydroxyl groups is 1. The van der Waals surface area contributed by atoms with E-state index in [-0.39, 0.29) is 0 Å². The largest absolute Gasteiger partial charge is 0.379 e. The van der Waals surface area contributed by atoms with Gasteiger partial charge in [-0.15, -0.1) is 0 Å². The standard InChI is InChI=1S/C4H11N.C2H7NO/c1-3-5-4-2;1-2(3)4/h5H,3-4H2,1-2H3;2,4H,3H2,1H3. The van der Waals surface area contributed by atoms with Crippen molar-refractivity contribution in [2.75, 3.05) is 13.1 Å². The van der Waals surface area contributed by atoms with E-state index < -0.39 is 6.23 Å². The van der Waals surface area contributed by atoms with Gasteiger partial charge in [0.05, 0.1) is 6.23 Å². The van der Waals surface area contributed by atoms with Gasteiger partial charge in [0.15, 0.2) is 0 Å². The van der Waals surface area contributed by atoms with Gasteiger partial charge in [0, 0.05) is 0 Å². The number of hydrogen-bond acceptors (Lipinski definition) is 3. The molecule has 0 saturated heterocycles. The van der Waals surface area contributed by atoms with E-state index in [2.05, 4.69) is 24.9 Å². The van der Waals surface area contributed by atoms with Gasteiger partial charge in [-0.25, -0.2) is 0 Å². The van der Waals surface area contributed by atoms with Crippen LogP contribution in [0.3, 0.4) is 0 Å². The molecule has 0 aromatic carbocycles. The predicted octanol–water partition coefficient (Wildman–Crippen LogP) is -0.101. The SMILES string of the molecule is CC(N)O.CCNCC. The first-order valence-corrected chi connectivity index (χ1v) is 3.29. The first-order chi connectivity index (χ1) is 4.15. The number of aliphatic hydroxyl groups excluding tert-OH is 1. The average molecular weight is 134 g/mol. The van der Waals surface area contributed by atoms with E-state index >= 15 is 0 Å². The van der Waals surface area contributed by atoms with Gasteiger partial charge < -0.3 is 16.2 Å². The smallest absolute Gasteiger partial charge is 0.0991 e. The fourth-order valence-corrected chi connectivity index (χ4v) is 0.250. The van der Waals surface area contributed by atoms with E-state index in [0.29, 0.717) is 0 Å². The fourth-order valence-electron chi connectivity index (χ4n) is 0.250. The van der Waals surface area contributed by atoms with Gasteiger partial charge in [0.25, 0.3) is 0 Å². The molecule has 0 radical (unpaired) electrons. The van der Waals surface area contributed by atoms with Gasteiger partial charge in [-0.1, -0.05) is 13.8 Å². The highest BCUT2D eigenvalue weighted by Gasteiger charge is 1.68. The van der Waals surface area contributed by atoms with Gasteiger partial charge in [0.1, 0.15) is 0 Å². The van der Waals surface area contributed by atoms with Crippen LogP contribution in [0, 0.1) is 0 Å². The van der Waals surface area contributed by atoms with Gasteiger partial charge in [-0.2, -0.15) is 0 Å². The second-order valence-electron chi connectivity index (χ2n) is 1.70. The van der Waals surface area contributed by atoms with Crippen LogP contribution in [-0.4, -0.2) is 24.4 Å². The quantitative estimate of drug-likeness (QED) is 0.462. The van der Waals surface area contributed by atoms with Crippen molar-refractivity contribution in [3.63, 3.8) is 0 Å². The van der Waals surface area contributed by atoms with Crippen LogP contribution in [0.5, 0.6) is 0 Å². The van der Waals surface area contributed by atoms with E-state index in [4.69, 9.17) is 5.11 Å². The summed E-state index contributed by atoms with van der Waals surface area (Å²) in [4.78, 5) is 0. The van der Waals surface area contributed by atoms with Crippen LogP contribution >= 0.6 is 0 Å². The zero-order valence-corrected chi connectivity index (χ0v) is 6.52. The van der Waals surface area contributed by atoms with Crippen molar-refractivity contribution >= 4 is 0 Å². The van der Waals surface area contributed by atoms with Crippen molar-refractivity contribution in [3.8, 4) is 0 Å². The summed E-state index contributed by atoms with van der Waals surface area (Å²) in [6, 6.07) is 0. The van der Waals surface area contributed by atoms with Gasteiger partial charge in [-0.3, -0.25) is 0 Å². The Morgan fingerprint density at radius 1 is 1.44 bits per heavy atom. The second kappa shape index (κ2) is 10.8. The molecule has 0 aliphatic heterocycles. The van der Waals surface area contributed by atoms with Crippen molar-refractivity contribution < 1.29 is 5.11 Å². The van der Waals surface area contributed by atoms with Gasteiger partial charge >= 0.3 is 0 Å². The molecule has 9 heavy (non-hydrogen) atoms. The normalized spacial score (nSPS) is 11.7. The Morgan fingerprint density at radius 3 is 1.67 bits per heavy atom. The third-order valence-corrected chi connectivity index (χ3v) is 0.500. The van der Waals surface area contributed by atoms with E-state index in [1.807, 2.05) is 0 Å². The molecular weight excluding hydrogens is 116 g/mol. The minimum absolute atomic E-state index is 0.667. The molecule has 0 rings (SSSR count). The van der Waals surface area contributed by atoms with E-state index in [0.717, 1.165) is 13.1 Å². The lowest BCUT2D eigenvalue weighted by atomic mass is 10.7. The number of nitrogens with one attached hydrogen (secondary N) is 1. The molecule has 0 fully saturated rings. The highest BCUT2D eigenvalue weighted by molar-refractivity contribution is 4.27. The van der Waals surface area contributed by atoms with Crippen molar-refractivity contribution in [1.29, 1.82) is 0 Å². The molecule has 0 spiro atoms. The van der Waals surface area contributed by atoms with Crippen molar-refractivity contribution in [2.24, 2.45) is 5.73 Å². The fraction of sp³-hybridized carbons (Fsp3) is 1.00. The zero-order chi connectivity index (χ0) is 7.70. The molecule has 0 amide bonds. The first kappa shape index (κ1) is 11.6. The predicted molar refractivity (Wildman–Crippen MR) is 40.1 cm³/mol. The molecule has 0 aromatic heterocycles. The van der Waals surface area contributed by atoms with Crippen molar-refractivity contribution in [3.05, 3.63) is 0 Å².